The van der Waals surface area contributed by atoms with E-state index in [2.05, 4.69) is 20.4 Å². The predicted octanol–water partition coefficient (Wildman–Crippen LogP) is 2.05. The van der Waals surface area contributed by atoms with Crippen LogP contribution in [0.5, 0.6) is 0 Å². The standard InChI is InChI=1S/C9H8N4O2S2/c1-5(13-15)6-3-17-9(11-6)12-8(14)7-2-16-4-10-7/h2-4,15H,1H3,(H,11,12,14). The summed E-state index contributed by atoms with van der Waals surface area (Å²) in [4.78, 5) is 19.6. The highest BCUT2D eigenvalue weighted by molar-refractivity contribution is 7.14. The number of anilines is 1. The van der Waals surface area contributed by atoms with Gasteiger partial charge < -0.3 is 5.21 Å². The quantitative estimate of drug-likeness (QED) is 0.506. The van der Waals surface area contributed by atoms with E-state index in [1.165, 1.54) is 22.7 Å². The van der Waals surface area contributed by atoms with Crippen LogP contribution in [0.4, 0.5) is 5.13 Å². The first kappa shape index (κ1) is 11.7. The second-order valence-corrected chi connectivity index (χ2v) is 4.63. The van der Waals surface area contributed by atoms with Crippen LogP contribution in [-0.4, -0.2) is 26.8 Å². The van der Waals surface area contributed by atoms with Gasteiger partial charge in [-0.25, -0.2) is 9.97 Å². The number of oxime groups is 1. The van der Waals surface area contributed by atoms with E-state index in [1.54, 1.807) is 23.2 Å². The summed E-state index contributed by atoms with van der Waals surface area (Å²) in [6.07, 6.45) is 0. The van der Waals surface area contributed by atoms with Crippen LogP contribution in [0.1, 0.15) is 23.1 Å². The number of rotatable bonds is 3. The molecule has 1 amide bonds. The molecule has 0 saturated carbocycles. The Hall–Kier alpha value is -1.80. The fourth-order valence-corrected chi connectivity index (χ4v) is 2.32. The summed E-state index contributed by atoms with van der Waals surface area (Å²) in [7, 11) is 0. The molecule has 0 radical (unpaired) electrons. The fourth-order valence-electron chi connectivity index (χ4n) is 1.03. The number of hydrogen-bond acceptors (Lipinski definition) is 7. The lowest BCUT2D eigenvalue weighted by molar-refractivity contribution is 0.102. The lowest BCUT2D eigenvalue weighted by Crippen LogP contribution is -2.12. The van der Waals surface area contributed by atoms with E-state index in [0.717, 1.165) is 0 Å². The van der Waals surface area contributed by atoms with Gasteiger partial charge in [0.1, 0.15) is 17.1 Å². The summed E-state index contributed by atoms with van der Waals surface area (Å²) < 4.78 is 0. The lowest BCUT2D eigenvalue weighted by atomic mass is 10.3. The van der Waals surface area contributed by atoms with Crippen molar-refractivity contribution in [2.24, 2.45) is 5.16 Å². The molecule has 0 aliphatic heterocycles. The molecule has 0 unspecified atom stereocenters. The van der Waals surface area contributed by atoms with Crippen LogP contribution in [0.2, 0.25) is 0 Å². The van der Waals surface area contributed by atoms with Gasteiger partial charge >= 0.3 is 0 Å². The molecule has 8 heteroatoms. The Bertz CT molecular complexity index is 547. The van der Waals surface area contributed by atoms with Gasteiger partial charge in [0.15, 0.2) is 5.13 Å². The van der Waals surface area contributed by atoms with Crippen molar-refractivity contribution in [1.82, 2.24) is 9.97 Å². The van der Waals surface area contributed by atoms with E-state index in [1.807, 2.05) is 0 Å². The van der Waals surface area contributed by atoms with Gasteiger partial charge in [0.2, 0.25) is 0 Å². The van der Waals surface area contributed by atoms with Gasteiger partial charge in [-0.05, 0) is 6.92 Å². The third-order valence-electron chi connectivity index (χ3n) is 1.91. The second-order valence-electron chi connectivity index (χ2n) is 3.05. The van der Waals surface area contributed by atoms with Crippen molar-refractivity contribution in [2.45, 2.75) is 6.92 Å². The molecule has 2 aromatic rings. The number of hydrogen-bond donors (Lipinski definition) is 2. The average molecular weight is 268 g/mol. The van der Waals surface area contributed by atoms with Gasteiger partial charge in [-0.3, -0.25) is 10.1 Å². The largest absolute Gasteiger partial charge is 0.411 e. The Morgan fingerprint density at radius 1 is 1.47 bits per heavy atom. The number of aromatic nitrogens is 2. The first-order valence-electron chi connectivity index (χ1n) is 4.55. The number of carbonyl (C=O) groups excluding carboxylic acids is 1. The van der Waals surface area contributed by atoms with Crippen molar-refractivity contribution in [3.05, 3.63) is 27.7 Å². The van der Waals surface area contributed by atoms with Crippen molar-refractivity contribution in [3.8, 4) is 0 Å². The summed E-state index contributed by atoms with van der Waals surface area (Å²) in [5, 5.41) is 18.0. The third-order valence-corrected chi connectivity index (χ3v) is 3.25. The smallest absolute Gasteiger partial charge is 0.276 e. The molecular formula is C9H8N4O2S2. The molecular weight excluding hydrogens is 260 g/mol. The van der Waals surface area contributed by atoms with Gasteiger partial charge in [-0.2, -0.15) is 0 Å². The van der Waals surface area contributed by atoms with E-state index in [4.69, 9.17) is 5.21 Å². The van der Waals surface area contributed by atoms with Gasteiger partial charge in [-0.1, -0.05) is 5.16 Å². The Labute approximate surface area is 105 Å². The molecule has 0 saturated heterocycles. The number of amides is 1. The molecule has 0 aliphatic carbocycles. The molecule has 2 rings (SSSR count). The maximum atomic E-state index is 11.6. The maximum Gasteiger partial charge on any atom is 0.276 e. The molecule has 2 heterocycles. The predicted molar refractivity (Wildman–Crippen MR) is 66.2 cm³/mol. The molecule has 2 N–H and O–H groups in total. The molecule has 0 atom stereocenters. The fraction of sp³-hybridized carbons (Fsp3) is 0.111. The minimum absolute atomic E-state index is 0.300. The van der Waals surface area contributed by atoms with Crippen LogP contribution in [-0.2, 0) is 0 Å². The van der Waals surface area contributed by atoms with Crippen molar-refractivity contribution in [2.75, 3.05) is 5.32 Å². The Balaban J connectivity index is 2.10. The molecule has 0 fully saturated rings. The summed E-state index contributed by atoms with van der Waals surface area (Å²) >= 11 is 2.61. The van der Waals surface area contributed by atoms with Crippen molar-refractivity contribution in [1.29, 1.82) is 0 Å². The van der Waals surface area contributed by atoms with Gasteiger partial charge in [0.05, 0.1) is 5.51 Å². The minimum atomic E-state index is -0.300. The molecule has 17 heavy (non-hydrogen) atoms. The number of nitrogens with one attached hydrogen (secondary N) is 1. The highest BCUT2D eigenvalue weighted by atomic mass is 32.1. The SMILES string of the molecule is CC(=NO)c1csc(NC(=O)c2cscn2)n1. The summed E-state index contributed by atoms with van der Waals surface area (Å²) in [5.41, 5.74) is 2.88. The monoisotopic (exact) mass is 268 g/mol. The summed E-state index contributed by atoms with van der Waals surface area (Å²) in [6, 6.07) is 0. The van der Waals surface area contributed by atoms with Gasteiger partial charge in [0, 0.05) is 10.8 Å². The van der Waals surface area contributed by atoms with Crippen LogP contribution in [0.25, 0.3) is 0 Å². The normalized spacial score (nSPS) is 11.5. The summed E-state index contributed by atoms with van der Waals surface area (Å²) in [5.74, 6) is -0.300. The molecule has 0 aromatic carbocycles. The topological polar surface area (TPSA) is 87.5 Å². The molecule has 0 aliphatic rings. The van der Waals surface area contributed by atoms with Crippen LogP contribution >= 0.6 is 22.7 Å². The van der Waals surface area contributed by atoms with Crippen molar-refractivity contribution < 1.29 is 10.0 Å². The van der Waals surface area contributed by atoms with E-state index in [-0.39, 0.29) is 5.91 Å². The lowest BCUT2D eigenvalue weighted by Gasteiger charge is -1.96. The maximum absolute atomic E-state index is 11.6. The van der Waals surface area contributed by atoms with Crippen molar-refractivity contribution in [3.63, 3.8) is 0 Å². The third kappa shape index (κ3) is 2.66. The number of thiazole rings is 2. The first-order chi connectivity index (χ1) is 8.20. The number of carbonyl (C=O) groups is 1. The first-order valence-corrected chi connectivity index (χ1v) is 6.37. The zero-order valence-electron chi connectivity index (χ0n) is 8.75. The zero-order valence-corrected chi connectivity index (χ0v) is 10.4. The highest BCUT2D eigenvalue weighted by Crippen LogP contribution is 2.17. The highest BCUT2D eigenvalue weighted by Gasteiger charge is 2.11. The molecule has 0 spiro atoms. The Morgan fingerprint density at radius 2 is 2.29 bits per heavy atom. The van der Waals surface area contributed by atoms with Crippen LogP contribution < -0.4 is 5.32 Å². The Morgan fingerprint density at radius 3 is 2.94 bits per heavy atom. The van der Waals surface area contributed by atoms with Crippen LogP contribution in [0, 0.1) is 0 Å². The molecule has 6 nitrogen and oxygen atoms in total. The van der Waals surface area contributed by atoms with E-state index < -0.39 is 0 Å². The van der Waals surface area contributed by atoms with Crippen LogP contribution in [0.15, 0.2) is 21.4 Å². The van der Waals surface area contributed by atoms with Crippen molar-refractivity contribution >= 4 is 39.4 Å². The number of nitrogens with zero attached hydrogens (tertiary/aromatic N) is 3. The molecule has 2 aromatic heterocycles. The summed E-state index contributed by atoms with van der Waals surface area (Å²) in [6.45, 7) is 1.63. The van der Waals surface area contributed by atoms with Gasteiger partial charge in [0.25, 0.3) is 5.91 Å². The molecule has 0 bridgehead atoms. The minimum Gasteiger partial charge on any atom is -0.411 e. The van der Waals surface area contributed by atoms with Crippen LogP contribution in [0.3, 0.4) is 0 Å². The van der Waals surface area contributed by atoms with Gasteiger partial charge in [-0.15, -0.1) is 22.7 Å². The molecule has 88 valence electrons. The Kier molecular flexibility index (Phi) is 3.45. The van der Waals surface area contributed by atoms with E-state index in [9.17, 15) is 4.79 Å². The van der Waals surface area contributed by atoms with E-state index in [0.29, 0.717) is 22.2 Å². The zero-order chi connectivity index (χ0) is 12.3. The second kappa shape index (κ2) is 5.02. The van der Waals surface area contributed by atoms with E-state index >= 15 is 0 Å². The average Bonchev–Trinajstić information content (AvgIpc) is 2.98.